The van der Waals surface area contributed by atoms with Crippen LogP contribution in [0.4, 0.5) is 23.7 Å². The summed E-state index contributed by atoms with van der Waals surface area (Å²) in [6.07, 6.45) is 0.467. The number of benzene rings is 1. The summed E-state index contributed by atoms with van der Waals surface area (Å²) in [6, 6.07) is 5.52. The van der Waals surface area contributed by atoms with Gasteiger partial charge < -0.3 is 20.6 Å². The maximum Gasteiger partial charge on any atom is 0.416 e. The van der Waals surface area contributed by atoms with Crippen LogP contribution in [0.2, 0.25) is 0 Å². The summed E-state index contributed by atoms with van der Waals surface area (Å²) in [5, 5.41) is 15.3. The number of anilines is 1. The zero-order valence-corrected chi connectivity index (χ0v) is 15.1. The molecule has 0 radical (unpaired) electrons. The van der Waals surface area contributed by atoms with E-state index >= 15 is 0 Å². The maximum absolute atomic E-state index is 12.7. The Kier molecular flexibility index (Phi) is 6.14. The average molecular weight is 385 g/mol. The van der Waals surface area contributed by atoms with Crippen LogP contribution in [-0.2, 0) is 6.18 Å². The first kappa shape index (κ1) is 19.8. The van der Waals surface area contributed by atoms with Crippen LogP contribution in [0.15, 0.2) is 24.3 Å². The first-order valence-electron chi connectivity index (χ1n) is 9.50. The lowest BCUT2D eigenvalue weighted by Crippen LogP contribution is -2.57. The van der Waals surface area contributed by atoms with Crippen LogP contribution in [0.25, 0.3) is 0 Å². The predicted molar refractivity (Wildman–Crippen MR) is 97.0 cm³/mol. The molecule has 3 N–H and O–H groups in total. The summed E-state index contributed by atoms with van der Waals surface area (Å²) >= 11 is 0. The second-order valence-electron chi connectivity index (χ2n) is 7.44. The average Bonchev–Trinajstić information content (AvgIpc) is 2.63. The smallest absolute Gasteiger partial charge is 0.416 e. The fourth-order valence-electron chi connectivity index (χ4n) is 4.17. The molecule has 3 rings (SSSR count). The molecule has 1 aromatic rings. The van der Waals surface area contributed by atoms with E-state index in [0.29, 0.717) is 6.54 Å². The number of alkyl halides is 3. The monoisotopic (exact) mass is 385 g/mol. The Hall–Kier alpha value is -1.96. The molecule has 1 heterocycles. The summed E-state index contributed by atoms with van der Waals surface area (Å²) in [7, 11) is 0. The van der Waals surface area contributed by atoms with E-state index in [1.807, 2.05) is 0 Å². The highest BCUT2D eigenvalue weighted by Gasteiger charge is 2.32. The van der Waals surface area contributed by atoms with E-state index in [0.717, 1.165) is 62.9 Å². The van der Waals surface area contributed by atoms with Crippen LogP contribution >= 0.6 is 0 Å². The van der Waals surface area contributed by atoms with Gasteiger partial charge in [0.25, 0.3) is 0 Å². The van der Waals surface area contributed by atoms with Crippen molar-refractivity contribution >= 4 is 11.8 Å². The van der Waals surface area contributed by atoms with Crippen molar-refractivity contribution in [1.82, 2.24) is 10.6 Å². The van der Waals surface area contributed by atoms with Crippen LogP contribution in [0, 0.1) is 0 Å². The number of nitrogens with zero attached hydrogens (tertiary/aromatic N) is 1. The molecule has 0 spiro atoms. The van der Waals surface area contributed by atoms with E-state index in [1.54, 1.807) is 0 Å². The van der Waals surface area contributed by atoms with Crippen molar-refractivity contribution in [2.75, 3.05) is 18.0 Å². The topological polar surface area (TPSA) is 64.6 Å². The second-order valence-corrected chi connectivity index (χ2v) is 7.44. The molecular weight excluding hydrogens is 359 g/mol. The lowest BCUT2D eigenvalue weighted by molar-refractivity contribution is -0.137. The highest BCUT2D eigenvalue weighted by molar-refractivity contribution is 5.65. The van der Waals surface area contributed by atoms with Crippen LogP contribution in [-0.4, -0.2) is 42.4 Å². The molecule has 1 aromatic carbocycles. The number of carboxylic acid groups (broad SMARTS) is 1. The number of rotatable bonds is 4. The molecular formula is C19H26F3N3O2. The van der Waals surface area contributed by atoms with Gasteiger partial charge in [-0.05, 0) is 49.9 Å². The third-order valence-electron chi connectivity index (χ3n) is 5.51. The number of piperidine rings is 1. The highest BCUT2D eigenvalue weighted by atomic mass is 19.4. The van der Waals surface area contributed by atoms with Crippen molar-refractivity contribution < 1.29 is 23.1 Å². The van der Waals surface area contributed by atoms with Crippen molar-refractivity contribution in [1.29, 1.82) is 0 Å². The first-order chi connectivity index (χ1) is 12.8. The summed E-state index contributed by atoms with van der Waals surface area (Å²) < 4.78 is 38.2. The maximum atomic E-state index is 12.7. The Bertz CT molecular complexity index is 636. The molecule has 1 saturated heterocycles. The van der Waals surface area contributed by atoms with Gasteiger partial charge in [-0.15, -0.1) is 0 Å². The number of carbonyl (C=O) groups is 1. The zero-order valence-electron chi connectivity index (χ0n) is 15.1. The van der Waals surface area contributed by atoms with Gasteiger partial charge in [0.15, 0.2) is 0 Å². The van der Waals surface area contributed by atoms with Crippen LogP contribution < -0.4 is 15.5 Å². The quantitative estimate of drug-likeness (QED) is 0.737. The summed E-state index contributed by atoms with van der Waals surface area (Å²) in [4.78, 5) is 13.1. The predicted octanol–water partition coefficient (Wildman–Crippen LogP) is 3.84. The van der Waals surface area contributed by atoms with Gasteiger partial charge in [0.05, 0.1) is 5.56 Å². The standard InChI is InChI=1S/C19H26F3N3O2/c20-19(21,22)13-7-9-15(10-8-13)25-11-3-4-14(12-25)23-16-5-1-2-6-17(16)24-18(26)27/h7-10,14,16-17,23-24H,1-6,11-12H2,(H,26,27). The number of nitrogens with one attached hydrogen (secondary N) is 2. The SMILES string of the molecule is O=C(O)NC1CCCCC1NC1CCCN(c2ccc(C(F)(F)F)cc2)C1. The van der Waals surface area contributed by atoms with Gasteiger partial charge in [0.2, 0.25) is 0 Å². The molecule has 0 bridgehead atoms. The van der Waals surface area contributed by atoms with Crippen LogP contribution in [0.3, 0.4) is 0 Å². The van der Waals surface area contributed by atoms with E-state index < -0.39 is 17.8 Å². The summed E-state index contributed by atoms with van der Waals surface area (Å²) in [5.74, 6) is 0. The van der Waals surface area contributed by atoms with Crippen molar-refractivity contribution in [3.8, 4) is 0 Å². The molecule has 1 saturated carbocycles. The molecule has 0 aromatic heterocycles. The van der Waals surface area contributed by atoms with Gasteiger partial charge >= 0.3 is 12.3 Å². The minimum absolute atomic E-state index is 0.0855. The van der Waals surface area contributed by atoms with Gasteiger partial charge in [-0.25, -0.2) is 4.79 Å². The molecule has 3 unspecified atom stereocenters. The number of amides is 1. The first-order valence-corrected chi connectivity index (χ1v) is 9.50. The van der Waals surface area contributed by atoms with E-state index in [2.05, 4.69) is 15.5 Å². The van der Waals surface area contributed by atoms with E-state index in [-0.39, 0.29) is 18.1 Å². The fraction of sp³-hybridized carbons (Fsp3) is 0.632. The highest BCUT2D eigenvalue weighted by Crippen LogP contribution is 2.31. The normalized spacial score (nSPS) is 26.6. The molecule has 2 fully saturated rings. The molecule has 150 valence electrons. The molecule has 1 aliphatic carbocycles. The van der Waals surface area contributed by atoms with E-state index in [9.17, 15) is 18.0 Å². The van der Waals surface area contributed by atoms with Gasteiger partial charge in [-0.3, -0.25) is 0 Å². The third-order valence-corrected chi connectivity index (χ3v) is 5.51. The Balaban J connectivity index is 1.61. The Morgan fingerprint density at radius 2 is 1.70 bits per heavy atom. The molecule has 2 aliphatic rings. The Morgan fingerprint density at radius 1 is 1.04 bits per heavy atom. The minimum Gasteiger partial charge on any atom is -0.465 e. The lowest BCUT2D eigenvalue weighted by atomic mass is 9.89. The van der Waals surface area contributed by atoms with Crippen molar-refractivity contribution in [3.63, 3.8) is 0 Å². The minimum atomic E-state index is -4.32. The number of halogens is 3. The Labute approximate surface area is 156 Å². The zero-order chi connectivity index (χ0) is 19.4. The summed E-state index contributed by atoms with van der Waals surface area (Å²) in [5.41, 5.74) is 0.154. The molecule has 5 nitrogen and oxygen atoms in total. The second kappa shape index (κ2) is 8.37. The molecule has 3 atom stereocenters. The van der Waals surface area contributed by atoms with Crippen LogP contribution in [0.5, 0.6) is 0 Å². The number of hydrogen-bond acceptors (Lipinski definition) is 3. The van der Waals surface area contributed by atoms with E-state index in [1.165, 1.54) is 12.1 Å². The van der Waals surface area contributed by atoms with Gasteiger partial charge in [-0.2, -0.15) is 13.2 Å². The molecule has 8 heteroatoms. The van der Waals surface area contributed by atoms with Crippen LogP contribution in [0.1, 0.15) is 44.1 Å². The lowest BCUT2D eigenvalue weighted by Gasteiger charge is -2.40. The van der Waals surface area contributed by atoms with Gasteiger partial charge in [0.1, 0.15) is 0 Å². The Morgan fingerprint density at radius 3 is 2.33 bits per heavy atom. The van der Waals surface area contributed by atoms with E-state index in [4.69, 9.17) is 5.11 Å². The van der Waals surface area contributed by atoms with Crippen molar-refractivity contribution in [2.45, 2.75) is 62.8 Å². The molecule has 27 heavy (non-hydrogen) atoms. The van der Waals surface area contributed by atoms with Crippen molar-refractivity contribution in [3.05, 3.63) is 29.8 Å². The number of hydrogen-bond donors (Lipinski definition) is 3. The van der Waals surface area contributed by atoms with Crippen molar-refractivity contribution in [2.24, 2.45) is 0 Å². The summed E-state index contributed by atoms with van der Waals surface area (Å²) in [6.45, 7) is 1.52. The van der Waals surface area contributed by atoms with Gasteiger partial charge in [0, 0.05) is 36.9 Å². The fourth-order valence-corrected chi connectivity index (χ4v) is 4.17. The largest absolute Gasteiger partial charge is 0.465 e. The molecule has 1 aliphatic heterocycles. The van der Waals surface area contributed by atoms with Gasteiger partial charge in [-0.1, -0.05) is 12.8 Å². The molecule has 1 amide bonds. The third kappa shape index (κ3) is 5.28.